The standard InChI is InChI=1S/C21H26N4OS/c1-15-7-9-25(10-8-15)13-17-14-27-21(22-17)23-20(26)11-16-12-24(2)19-6-4-3-5-18(16)19/h3-6,12,14-15H,7-11,13H2,1-2H3,(H,22,23,26). The van der Waals surface area contributed by atoms with Crippen molar-refractivity contribution in [2.75, 3.05) is 18.4 Å². The van der Waals surface area contributed by atoms with Crippen molar-refractivity contribution in [3.8, 4) is 0 Å². The van der Waals surface area contributed by atoms with Crippen molar-refractivity contribution in [2.45, 2.75) is 32.7 Å². The first-order valence-corrected chi connectivity index (χ1v) is 10.5. The van der Waals surface area contributed by atoms with Gasteiger partial charge < -0.3 is 9.88 Å². The number of amides is 1. The number of rotatable bonds is 5. The van der Waals surface area contributed by atoms with Crippen molar-refractivity contribution in [1.82, 2.24) is 14.5 Å². The normalized spacial score (nSPS) is 16.1. The SMILES string of the molecule is CC1CCN(Cc2csc(NC(=O)Cc3cn(C)c4ccccc34)n2)CC1. The number of hydrogen-bond donors (Lipinski definition) is 1. The Kier molecular flexibility index (Phi) is 5.27. The van der Waals surface area contributed by atoms with Gasteiger partial charge in [0, 0.05) is 36.1 Å². The minimum atomic E-state index is -0.0148. The minimum Gasteiger partial charge on any atom is -0.350 e. The molecule has 1 aliphatic heterocycles. The Hall–Kier alpha value is -2.18. The van der Waals surface area contributed by atoms with Crippen LogP contribution in [0.2, 0.25) is 0 Å². The molecule has 0 unspecified atom stereocenters. The number of nitrogens with zero attached hydrogens (tertiary/aromatic N) is 3. The van der Waals surface area contributed by atoms with Gasteiger partial charge in [-0.1, -0.05) is 25.1 Å². The molecule has 4 rings (SSSR count). The molecule has 0 aliphatic carbocycles. The molecule has 0 saturated carbocycles. The first kappa shape index (κ1) is 18.2. The summed E-state index contributed by atoms with van der Waals surface area (Å²) in [7, 11) is 2.01. The van der Waals surface area contributed by atoms with E-state index >= 15 is 0 Å². The number of aromatic nitrogens is 2. The second-order valence-corrected chi connectivity index (χ2v) is 8.47. The number of carbonyl (C=O) groups excluding carboxylic acids is 1. The van der Waals surface area contributed by atoms with Crippen LogP contribution in [0.3, 0.4) is 0 Å². The second-order valence-electron chi connectivity index (χ2n) is 7.61. The minimum absolute atomic E-state index is 0.0148. The van der Waals surface area contributed by atoms with Crippen molar-refractivity contribution in [1.29, 1.82) is 0 Å². The zero-order valence-electron chi connectivity index (χ0n) is 15.9. The summed E-state index contributed by atoms with van der Waals surface area (Å²) >= 11 is 1.51. The molecular formula is C21H26N4OS. The molecule has 0 spiro atoms. The molecule has 0 radical (unpaired) electrons. The van der Waals surface area contributed by atoms with E-state index in [1.807, 2.05) is 25.4 Å². The van der Waals surface area contributed by atoms with E-state index in [4.69, 9.17) is 0 Å². The van der Waals surface area contributed by atoms with Crippen LogP contribution in [-0.2, 0) is 24.8 Å². The van der Waals surface area contributed by atoms with Gasteiger partial charge in [0.05, 0.1) is 12.1 Å². The summed E-state index contributed by atoms with van der Waals surface area (Å²) in [5.41, 5.74) is 3.24. The van der Waals surface area contributed by atoms with Gasteiger partial charge in [0.25, 0.3) is 0 Å². The fraction of sp³-hybridized carbons (Fsp3) is 0.429. The lowest BCUT2D eigenvalue weighted by atomic mass is 9.99. The molecule has 27 heavy (non-hydrogen) atoms. The lowest BCUT2D eigenvalue weighted by molar-refractivity contribution is -0.115. The maximum atomic E-state index is 12.5. The van der Waals surface area contributed by atoms with Crippen LogP contribution in [0.25, 0.3) is 10.9 Å². The predicted octanol–water partition coefficient (Wildman–Crippen LogP) is 4.05. The van der Waals surface area contributed by atoms with Crippen LogP contribution < -0.4 is 5.32 Å². The summed E-state index contributed by atoms with van der Waals surface area (Å²) < 4.78 is 2.07. The predicted molar refractivity (Wildman–Crippen MR) is 111 cm³/mol. The van der Waals surface area contributed by atoms with Crippen LogP contribution in [0, 0.1) is 5.92 Å². The van der Waals surface area contributed by atoms with E-state index in [2.05, 4.69) is 44.2 Å². The van der Waals surface area contributed by atoms with Gasteiger partial charge in [-0.15, -0.1) is 11.3 Å². The number of anilines is 1. The molecule has 1 saturated heterocycles. The lowest BCUT2D eigenvalue weighted by Gasteiger charge is -2.29. The van der Waals surface area contributed by atoms with E-state index in [0.717, 1.165) is 47.7 Å². The molecule has 142 valence electrons. The molecular weight excluding hydrogens is 356 g/mol. The topological polar surface area (TPSA) is 50.2 Å². The number of nitrogens with one attached hydrogen (secondary N) is 1. The second kappa shape index (κ2) is 7.82. The molecule has 5 nitrogen and oxygen atoms in total. The fourth-order valence-electron chi connectivity index (χ4n) is 3.79. The Morgan fingerprint density at radius 1 is 1.30 bits per heavy atom. The zero-order valence-corrected chi connectivity index (χ0v) is 16.8. The highest BCUT2D eigenvalue weighted by Crippen LogP contribution is 2.23. The molecule has 1 aromatic carbocycles. The van der Waals surface area contributed by atoms with Gasteiger partial charge in [0.15, 0.2) is 5.13 Å². The third-order valence-electron chi connectivity index (χ3n) is 5.39. The summed E-state index contributed by atoms with van der Waals surface area (Å²) in [4.78, 5) is 19.6. The smallest absolute Gasteiger partial charge is 0.230 e. The zero-order chi connectivity index (χ0) is 18.8. The number of fused-ring (bicyclic) bond motifs is 1. The van der Waals surface area contributed by atoms with Crippen LogP contribution in [0.4, 0.5) is 5.13 Å². The molecule has 3 aromatic rings. The average molecular weight is 383 g/mol. The third-order valence-corrected chi connectivity index (χ3v) is 6.20. The number of piperidine rings is 1. The average Bonchev–Trinajstić information content (AvgIpc) is 3.22. The number of para-hydroxylation sites is 1. The van der Waals surface area contributed by atoms with Crippen molar-refractivity contribution in [3.05, 3.63) is 47.1 Å². The van der Waals surface area contributed by atoms with Gasteiger partial charge >= 0.3 is 0 Å². The van der Waals surface area contributed by atoms with Gasteiger partial charge in [0.1, 0.15) is 0 Å². The molecule has 2 aromatic heterocycles. The van der Waals surface area contributed by atoms with Crippen LogP contribution >= 0.6 is 11.3 Å². The number of hydrogen-bond acceptors (Lipinski definition) is 4. The van der Waals surface area contributed by atoms with Crippen molar-refractivity contribution >= 4 is 33.3 Å². The summed E-state index contributed by atoms with van der Waals surface area (Å²) in [6.07, 6.45) is 4.92. The highest BCUT2D eigenvalue weighted by Gasteiger charge is 2.17. The lowest BCUT2D eigenvalue weighted by Crippen LogP contribution is -2.32. The molecule has 1 aliphatic rings. The molecule has 0 bridgehead atoms. The van der Waals surface area contributed by atoms with Crippen LogP contribution in [-0.4, -0.2) is 33.4 Å². The molecule has 3 heterocycles. The first-order valence-electron chi connectivity index (χ1n) is 9.58. The van der Waals surface area contributed by atoms with Crippen LogP contribution in [0.15, 0.2) is 35.8 Å². The number of benzene rings is 1. The van der Waals surface area contributed by atoms with Crippen molar-refractivity contribution < 1.29 is 4.79 Å². The van der Waals surface area contributed by atoms with Gasteiger partial charge in [-0.3, -0.25) is 9.69 Å². The molecule has 6 heteroatoms. The van der Waals surface area contributed by atoms with E-state index in [1.54, 1.807) is 0 Å². The summed E-state index contributed by atoms with van der Waals surface area (Å²) in [5, 5.41) is 6.86. The maximum absolute atomic E-state index is 12.5. The summed E-state index contributed by atoms with van der Waals surface area (Å²) in [6.45, 7) is 5.48. The number of thiazole rings is 1. The van der Waals surface area contributed by atoms with Crippen molar-refractivity contribution in [2.24, 2.45) is 13.0 Å². The Bertz CT molecular complexity index is 937. The number of carbonyl (C=O) groups is 1. The molecule has 1 N–H and O–H groups in total. The molecule has 0 atom stereocenters. The van der Waals surface area contributed by atoms with E-state index in [1.165, 1.54) is 24.2 Å². The Morgan fingerprint density at radius 3 is 2.89 bits per heavy atom. The Morgan fingerprint density at radius 2 is 2.07 bits per heavy atom. The highest BCUT2D eigenvalue weighted by atomic mass is 32.1. The highest BCUT2D eigenvalue weighted by molar-refractivity contribution is 7.13. The van der Waals surface area contributed by atoms with Gasteiger partial charge in [0.2, 0.25) is 5.91 Å². The van der Waals surface area contributed by atoms with Gasteiger partial charge in [-0.25, -0.2) is 4.98 Å². The molecule has 1 fully saturated rings. The van der Waals surface area contributed by atoms with Gasteiger partial charge in [-0.2, -0.15) is 0 Å². The van der Waals surface area contributed by atoms with E-state index in [0.29, 0.717) is 11.6 Å². The number of aryl methyl sites for hydroxylation is 1. The monoisotopic (exact) mass is 382 g/mol. The van der Waals surface area contributed by atoms with Crippen LogP contribution in [0.1, 0.15) is 31.0 Å². The van der Waals surface area contributed by atoms with E-state index < -0.39 is 0 Å². The fourth-order valence-corrected chi connectivity index (χ4v) is 4.51. The summed E-state index contributed by atoms with van der Waals surface area (Å²) in [5.74, 6) is 0.819. The largest absolute Gasteiger partial charge is 0.350 e. The number of likely N-dealkylation sites (tertiary alicyclic amines) is 1. The quantitative estimate of drug-likeness (QED) is 0.724. The first-order chi connectivity index (χ1) is 13.1. The molecule has 1 amide bonds. The maximum Gasteiger partial charge on any atom is 0.230 e. The Labute approximate surface area is 164 Å². The van der Waals surface area contributed by atoms with E-state index in [-0.39, 0.29) is 5.91 Å². The van der Waals surface area contributed by atoms with E-state index in [9.17, 15) is 4.79 Å². The summed E-state index contributed by atoms with van der Waals surface area (Å²) in [6, 6.07) is 8.18. The van der Waals surface area contributed by atoms with Crippen molar-refractivity contribution in [3.63, 3.8) is 0 Å². The van der Waals surface area contributed by atoms with Gasteiger partial charge in [-0.05, 0) is 43.5 Å². The van der Waals surface area contributed by atoms with Crippen LogP contribution in [0.5, 0.6) is 0 Å². The third kappa shape index (κ3) is 4.22. The Balaban J connectivity index is 1.36.